The molecule has 0 aliphatic rings. The van der Waals surface area contributed by atoms with Crippen LogP contribution in [0.5, 0.6) is 0 Å². The number of alkyl halides is 3. The van der Waals surface area contributed by atoms with Crippen molar-refractivity contribution in [2.24, 2.45) is 0 Å². The van der Waals surface area contributed by atoms with Crippen molar-refractivity contribution in [2.75, 3.05) is 0 Å². The summed E-state index contributed by atoms with van der Waals surface area (Å²) in [6, 6.07) is 7.42. The van der Waals surface area contributed by atoms with E-state index in [9.17, 15) is 17.4 Å². The molecule has 1 aromatic heterocycles. The fraction of sp³-hybridized carbons (Fsp3) is 0.308. The summed E-state index contributed by atoms with van der Waals surface area (Å²) in [6.07, 6.45) is -3.78. The Labute approximate surface area is 120 Å². The quantitative estimate of drug-likeness (QED) is 0.794. The zero-order valence-electron chi connectivity index (χ0n) is 10.3. The predicted octanol–water partition coefficient (Wildman–Crippen LogP) is 4.30. The van der Waals surface area contributed by atoms with Crippen LogP contribution in [0.4, 0.5) is 13.2 Å². The summed E-state index contributed by atoms with van der Waals surface area (Å²) in [7, 11) is -1.42. The number of halogens is 3. The molecule has 0 spiro atoms. The second-order valence-corrected chi connectivity index (χ2v) is 6.59. The molecule has 7 heteroatoms. The number of fused-ring (bicyclic) bond motifs is 1. The Morgan fingerprint density at radius 2 is 2.05 bits per heavy atom. The first-order valence-corrected chi connectivity index (χ1v) is 7.96. The Balaban J connectivity index is 1.94. The number of thiazole rings is 1. The third-order valence-corrected chi connectivity index (χ3v) is 5.00. The average Bonchev–Trinajstić information content (AvgIpc) is 2.86. The summed E-state index contributed by atoms with van der Waals surface area (Å²) in [5, 5.41) is 1.37. The molecule has 0 aliphatic heterocycles. The van der Waals surface area contributed by atoms with Crippen molar-refractivity contribution in [1.29, 1.82) is 0 Å². The van der Waals surface area contributed by atoms with E-state index < -0.39 is 23.4 Å². The lowest BCUT2D eigenvalue weighted by atomic mass is 10.2. The van der Waals surface area contributed by atoms with E-state index in [0.717, 1.165) is 10.2 Å². The number of nitrogens with zero attached hydrogens (tertiary/aromatic N) is 1. The van der Waals surface area contributed by atoms with Crippen LogP contribution in [0.25, 0.3) is 10.2 Å². The Morgan fingerprint density at radius 3 is 2.75 bits per heavy atom. The summed E-state index contributed by atoms with van der Waals surface area (Å²) in [5.74, 6) is 0. The number of para-hydroxylation sites is 1. The summed E-state index contributed by atoms with van der Waals surface area (Å²) < 4.78 is 49.8. The van der Waals surface area contributed by atoms with E-state index in [1.165, 1.54) is 22.8 Å². The molecule has 0 bridgehead atoms. The lowest BCUT2D eigenvalue weighted by Crippen LogP contribution is -2.10. The minimum absolute atomic E-state index is 0.127. The molecule has 2 atom stereocenters. The predicted molar refractivity (Wildman–Crippen MR) is 75.3 cm³/mol. The van der Waals surface area contributed by atoms with Gasteiger partial charge in [0.2, 0.25) is 0 Å². The Kier molecular flexibility index (Phi) is 5.31. The van der Waals surface area contributed by atoms with Crippen LogP contribution in [0.3, 0.4) is 0 Å². The smallest absolute Gasteiger partial charge is 0.247 e. The van der Waals surface area contributed by atoms with Crippen molar-refractivity contribution < 1.29 is 17.4 Å². The lowest BCUT2D eigenvalue weighted by Gasteiger charge is -2.03. The van der Waals surface area contributed by atoms with Crippen LogP contribution in [-0.2, 0) is 10.8 Å². The Hall–Kier alpha value is -1.21. The fourth-order valence-electron chi connectivity index (χ4n) is 1.53. The third-order valence-electron chi connectivity index (χ3n) is 2.55. The summed E-state index contributed by atoms with van der Waals surface area (Å²) in [5.41, 5.74) is 0.774. The molecule has 1 aromatic carbocycles. The maximum Gasteiger partial charge on any atom is 0.269 e. The average molecular weight is 319 g/mol. The minimum Gasteiger partial charge on any atom is -0.247 e. The molecule has 0 N–H and O–H groups in total. The number of aromatic nitrogens is 1. The highest BCUT2D eigenvalue weighted by atomic mass is 32.2. The van der Waals surface area contributed by atoms with Crippen molar-refractivity contribution >= 4 is 32.4 Å². The number of rotatable bonds is 6. The van der Waals surface area contributed by atoms with Crippen molar-refractivity contribution in [1.82, 2.24) is 4.98 Å². The van der Waals surface area contributed by atoms with Gasteiger partial charge in [-0.25, -0.2) is 22.4 Å². The lowest BCUT2D eigenvalue weighted by molar-refractivity contribution is 0.0460. The molecular weight excluding hydrogens is 307 g/mol. The fourth-order valence-corrected chi connectivity index (χ4v) is 3.61. The zero-order chi connectivity index (χ0) is 14.5. The van der Waals surface area contributed by atoms with E-state index in [1.54, 1.807) is 0 Å². The van der Waals surface area contributed by atoms with Gasteiger partial charge < -0.3 is 0 Å². The molecule has 2 unspecified atom stereocenters. The minimum atomic E-state index is -2.96. The van der Waals surface area contributed by atoms with Crippen LogP contribution in [0.15, 0.2) is 40.1 Å². The van der Waals surface area contributed by atoms with Crippen LogP contribution in [0.2, 0.25) is 0 Å². The van der Waals surface area contributed by atoms with Crippen LogP contribution in [0, 0.1) is 0 Å². The highest BCUT2D eigenvalue weighted by Gasteiger charge is 2.17. The van der Waals surface area contributed by atoms with Gasteiger partial charge in [0, 0.05) is 5.41 Å². The highest BCUT2D eigenvalue weighted by Crippen LogP contribution is 2.24. The van der Waals surface area contributed by atoms with E-state index in [0.29, 0.717) is 4.34 Å². The normalized spacial score (nSPS) is 15.2. The largest absolute Gasteiger partial charge is 0.269 e. The molecule has 20 heavy (non-hydrogen) atoms. The van der Waals surface area contributed by atoms with Gasteiger partial charge >= 0.3 is 0 Å². The molecule has 0 aliphatic carbocycles. The molecule has 0 amide bonds. The molecule has 0 radical (unpaired) electrons. The second kappa shape index (κ2) is 6.99. The van der Waals surface area contributed by atoms with E-state index in [4.69, 9.17) is 0 Å². The molecule has 1 heterocycles. The van der Waals surface area contributed by atoms with Crippen LogP contribution >= 0.6 is 11.3 Å². The molecule has 2 nitrogen and oxygen atoms in total. The second-order valence-electron chi connectivity index (χ2n) is 4.04. The van der Waals surface area contributed by atoms with E-state index >= 15 is 0 Å². The molecule has 2 aromatic rings. The molecular formula is C13H12F3NOS2. The van der Waals surface area contributed by atoms with Gasteiger partial charge in [0.25, 0.3) is 6.43 Å². The Morgan fingerprint density at radius 1 is 1.30 bits per heavy atom. The first kappa shape index (κ1) is 15.2. The molecule has 2 rings (SSSR count). The van der Waals surface area contributed by atoms with Crippen molar-refractivity contribution in [3.8, 4) is 0 Å². The van der Waals surface area contributed by atoms with Gasteiger partial charge in [-0.05, 0) is 25.0 Å². The van der Waals surface area contributed by atoms with E-state index in [1.807, 2.05) is 24.3 Å². The molecule has 0 fully saturated rings. The topological polar surface area (TPSA) is 30.0 Å². The Bertz CT molecular complexity index is 594. The maximum absolute atomic E-state index is 12.6. The standard InChI is InChI=1S/C13H12F3NOS2/c14-9(12(15)16)5-3-4-8-20(18)13-17-10-6-1-2-7-11(10)19-13/h1-2,4,6-9,12H,3,5H2. The van der Waals surface area contributed by atoms with Gasteiger partial charge in [-0.15, -0.1) is 11.3 Å². The SMILES string of the molecule is O=S(C=CCCC(F)C(F)F)c1nc2ccccc2s1. The summed E-state index contributed by atoms with van der Waals surface area (Å²) in [6.45, 7) is 0. The van der Waals surface area contributed by atoms with Gasteiger partial charge in [-0.1, -0.05) is 18.2 Å². The van der Waals surface area contributed by atoms with E-state index in [2.05, 4.69) is 4.98 Å². The third kappa shape index (κ3) is 3.89. The summed E-state index contributed by atoms with van der Waals surface area (Å²) in [4.78, 5) is 4.23. The van der Waals surface area contributed by atoms with Crippen LogP contribution in [0.1, 0.15) is 12.8 Å². The molecule has 0 saturated heterocycles. The number of hydrogen-bond acceptors (Lipinski definition) is 3. The maximum atomic E-state index is 12.6. The van der Waals surface area contributed by atoms with Gasteiger partial charge in [-0.2, -0.15) is 0 Å². The van der Waals surface area contributed by atoms with Crippen molar-refractivity contribution in [3.05, 3.63) is 35.7 Å². The molecule has 0 saturated carbocycles. The number of benzene rings is 1. The number of allylic oxidation sites excluding steroid dienone is 1. The van der Waals surface area contributed by atoms with Crippen molar-refractivity contribution in [2.45, 2.75) is 29.8 Å². The van der Waals surface area contributed by atoms with Gasteiger partial charge in [0.15, 0.2) is 10.5 Å². The van der Waals surface area contributed by atoms with Crippen molar-refractivity contribution in [3.63, 3.8) is 0 Å². The monoisotopic (exact) mass is 319 g/mol. The zero-order valence-corrected chi connectivity index (χ0v) is 12.0. The summed E-state index contributed by atoms with van der Waals surface area (Å²) >= 11 is 1.32. The number of hydrogen-bond donors (Lipinski definition) is 0. The van der Waals surface area contributed by atoms with E-state index in [-0.39, 0.29) is 12.8 Å². The highest BCUT2D eigenvalue weighted by molar-refractivity contribution is 7.90. The first-order valence-electron chi connectivity index (χ1n) is 5.93. The first-order chi connectivity index (χ1) is 9.58. The van der Waals surface area contributed by atoms with Gasteiger partial charge in [0.1, 0.15) is 10.8 Å². The van der Waals surface area contributed by atoms with Gasteiger partial charge in [-0.3, -0.25) is 0 Å². The van der Waals surface area contributed by atoms with Gasteiger partial charge in [0.05, 0.1) is 10.2 Å². The molecule has 108 valence electrons. The van der Waals surface area contributed by atoms with Crippen LogP contribution < -0.4 is 0 Å². The van der Waals surface area contributed by atoms with Crippen LogP contribution in [-0.4, -0.2) is 21.8 Å².